The Balaban J connectivity index is 0.898. The second kappa shape index (κ2) is 27.3. The average Bonchev–Trinajstić information content (AvgIpc) is 0.800. The molecule has 3 atom stereocenters. The zero-order chi connectivity index (χ0) is 61.3. The third kappa shape index (κ3) is 12.2. The first-order valence-corrected chi connectivity index (χ1v) is 33.0. The van der Waals surface area contributed by atoms with Gasteiger partial charge in [-0.05, 0) is 65.8 Å². The molecular weight excluding hydrogens is 1200 g/mol. The molecule has 3 N–H and O–H groups in total. The van der Waals surface area contributed by atoms with Gasteiger partial charge in [0.1, 0.15) is 27.3 Å². The van der Waals surface area contributed by atoms with Crippen molar-refractivity contribution in [2.75, 3.05) is 18.4 Å². The smallest absolute Gasteiger partial charge is 0.356 e. The molecule has 3 aliphatic rings. The van der Waals surface area contributed by atoms with Crippen LogP contribution in [0.1, 0.15) is 81.3 Å². The van der Waals surface area contributed by atoms with Crippen LogP contribution in [0.4, 0.5) is 5.13 Å². The molecule has 448 valence electrons. The molecule has 0 aliphatic carbocycles. The van der Waals surface area contributed by atoms with Crippen LogP contribution in [0.25, 0.3) is 0 Å². The number of nitrogens with zero attached hydrogens (tertiary/aromatic N) is 4. The van der Waals surface area contributed by atoms with Gasteiger partial charge in [-0.25, -0.2) is 9.78 Å². The van der Waals surface area contributed by atoms with Gasteiger partial charge in [0.25, 0.3) is 11.8 Å². The Morgan fingerprint density at radius 1 is 0.667 bits per heavy atom. The second-order valence-corrected chi connectivity index (χ2v) is 26.1. The molecule has 0 saturated carbocycles. The maximum atomic E-state index is 15.9. The first-order chi connectivity index (χ1) is 44.3. The van der Waals surface area contributed by atoms with E-state index in [0.717, 1.165) is 85.9 Å². The summed E-state index contributed by atoms with van der Waals surface area (Å²) in [5.41, 5.74) is 4.81. The number of allylic oxidation sites excluding steroid dienone is 1. The molecule has 13 rings (SSSR count). The van der Waals surface area contributed by atoms with E-state index < -0.39 is 47.1 Å². The zero-order valence-electron chi connectivity index (χ0n) is 48.8. The van der Waals surface area contributed by atoms with Crippen LogP contribution in [0.2, 0.25) is 4.34 Å². The lowest BCUT2D eigenvalue weighted by Gasteiger charge is -2.50. The normalized spacial score (nSPS) is 16.7. The van der Waals surface area contributed by atoms with Crippen molar-refractivity contribution in [2.24, 2.45) is 5.16 Å². The number of oxime groups is 1. The van der Waals surface area contributed by atoms with E-state index in [2.05, 4.69) is 52.3 Å². The molecule has 2 amide bonds. The summed E-state index contributed by atoms with van der Waals surface area (Å²) in [6.45, 7) is 1.92. The first-order valence-electron chi connectivity index (χ1n) is 29.9. The summed E-state index contributed by atoms with van der Waals surface area (Å²) in [6, 6.07) is 80.7. The van der Waals surface area contributed by atoms with Crippen LogP contribution in [0.3, 0.4) is 0 Å². The second-order valence-electron chi connectivity index (χ2n) is 22.0. The van der Waals surface area contributed by atoms with Crippen molar-refractivity contribution in [2.45, 2.75) is 64.5 Å². The van der Waals surface area contributed by atoms with Crippen LogP contribution in [0.15, 0.2) is 282 Å². The van der Waals surface area contributed by atoms with Crippen molar-refractivity contribution >= 4 is 75.1 Å². The Kier molecular flexibility index (Phi) is 18.2. The van der Waals surface area contributed by atoms with E-state index in [1.54, 1.807) is 6.20 Å². The number of pyridine rings is 1. The Morgan fingerprint density at radius 2 is 1.17 bits per heavy atom. The monoisotopic (exact) mass is 1260 g/mol. The largest absolute Gasteiger partial charge is 0.448 e. The van der Waals surface area contributed by atoms with Gasteiger partial charge in [-0.15, -0.1) is 0 Å². The number of ether oxygens (including phenoxy) is 1. The predicted octanol–water partition coefficient (Wildman–Crippen LogP) is 14.7. The van der Waals surface area contributed by atoms with E-state index in [1.165, 1.54) is 16.7 Å². The van der Waals surface area contributed by atoms with Crippen LogP contribution in [0.5, 0.6) is 0 Å². The number of hydrogen-bond donors (Lipinski definition) is 3. The van der Waals surface area contributed by atoms with Gasteiger partial charge >= 0.3 is 5.97 Å². The van der Waals surface area contributed by atoms with Crippen molar-refractivity contribution < 1.29 is 24.0 Å². The highest BCUT2D eigenvalue weighted by Crippen LogP contribution is 2.47. The van der Waals surface area contributed by atoms with Gasteiger partial charge < -0.3 is 25.5 Å². The molecule has 0 bridgehead atoms. The van der Waals surface area contributed by atoms with Crippen LogP contribution >= 0.6 is 46.5 Å². The molecule has 12 nitrogen and oxygen atoms in total. The highest BCUT2D eigenvalue weighted by Gasteiger charge is 2.55. The quantitative estimate of drug-likeness (QED) is 0.0196. The number of nitrogens with one attached hydrogen (secondary N) is 3. The Hall–Kier alpha value is -9.09. The van der Waals surface area contributed by atoms with Crippen molar-refractivity contribution in [3.05, 3.63) is 332 Å². The number of β-lactam (4-membered cyclic amide) rings is 1. The van der Waals surface area contributed by atoms with Crippen LogP contribution < -0.4 is 16.0 Å². The SMILES string of the molecule is O=C(N[C@@H]1C(=O)N2C(C(=O)OC(c3ccccc3)c3ccccc3)=C(Sc3cccnc3CSC3CCNC3)CC[C@H]12)C(=NOC(c1ccccc1)(c1ccccc1)c1ccccc1)c1nc(NC(c2ccccc2)(c2ccccc2)c2ccccc2)sc1Cl. The van der Waals surface area contributed by atoms with E-state index in [4.69, 9.17) is 36.3 Å². The average molecular weight is 1260 g/mol. The number of halogens is 1. The summed E-state index contributed by atoms with van der Waals surface area (Å²) < 4.78 is 6.75. The predicted molar refractivity (Wildman–Crippen MR) is 359 cm³/mol. The van der Waals surface area contributed by atoms with Gasteiger partial charge in [0.2, 0.25) is 5.60 Å². The van der Waals surface area contributed by atoms with E-state index >= 15 is 14.4 Å². The van der Waals surface area contributed by atoms with Crippen molar-refractivity contribution in [3.8, 4) is 0 Å². The lowest BCUT2D eigenvalue weighted by Crippen LogP contribution is -2.72. The highest BCUT2D eigenvalue weighted by atomic mass is 35.5. The number of thiazole rings is 1. The molecule has 3 aliphatic heterocycles. The van der Waals surface area contributed by atoms with Crippen LogP contribution in [-0.2, 0) is 40.9 Å². The Morgan fingerprint density at radius 3 is 1.67 bits per heavy atom. The number of carbonyl (C=O) groups is 3. The molecule has 1 unspecified atom stereocenters. The van der Waals surface area contributed by atoms with Crippen molar-refractivity contribution in [3.63, 3.8) is 0 Å². The number of benzene rings is 8. The van der Waals surface area contributed by atoms with Gasteiger partial charge in [0.15, 0.2) is 16.9 Å². The number of carbonyl (C=O) groups excluding carboxylic acids is 3. The maximum Gasteiger partial charge on any atom is 0.356 e. The number of amides is 2. The summed E-state index contributed by atoms with van der Waals surface area (Å²) in [7, 11) is 0. The number of hydrogen-bond acceptors (Lipinski definition) is 13. The maximum absolute atomic E-state index is 15.9. The summed E-state index contributed by atoms with van der Waals surface area (Å²) in [6.07, 6.45) is 2.86. The van der Waals surface area contributed by atoms with Crippen molar-refractivity contribution in [1.82, 2.24) is 25.5 Å². The lowest BCUT2D eigenvalue weighted by molar-refractivity contribution is -0.158. The summed E-state index contributed by atoms with van der Waals surface area (Å²) in [5.74, 6) is -1.26. The molecule has 2 fully saturated rings. The molecule has 10 aromatic rings. The molecule has 8 aromatic carbocycles. The molecular formula is C74H62ClN7O5S3. The van der Waals surface area contributed by atoms with Crippen LogP contribution in [-0.4, -0.2) is 68.8 Å². The van der Waals surface area contributed by atoms with Crippen molar-refractivity contribution in [1.29, 1.82) is 0 Å². The zero-order valence-corrected chi connectivity index (χ0v) is 52.0. The molecule has 16 heteroatoms. The Bertz CT molecular complexity index is 3940. The number of esters is 1. The summed E-state index contributed by atoms with van der Waals surface area (Å²) in [5, 5.41) is 16.2. The topological polar surface area (TPSA) is 147 Å². The summed E-state index contributed by atoms with van der Waals surface area (Å²) in [4.78, 5) is 66.8. The van der Waals surface area contributed by atoms with E-state index in [1.807, 2.05) is 230 Å². The highest BCUT2D eigenvalue weighted by molar-refractivity contribution is 8.03. The fourth-order valence-electron chi connectivity index (χ4n) is 12.2. The third-order valence-corrected chi connectivity index (χ3v) is 20.3. The van der Waals surface area contributed by atoms with Crippen LogP contribution in [0, 0.1) is 0 Å². The standard InChI is InChI=1S/C74H62ClN7O5S3/c75-68-64(79-72(90-68)80-73(52-30-13-3-14-31-52,53-32-15-4-16-33-53)54-34-17-5-18-35-54)65(81-87-74(55-36-19-6-20-37-55,56-38-21-7-22-39-56)57-40-23-8-24-41-57)69(83)78-63-60-43-44-62(89-61-42-25-46-77-59(61)49-88-58-45-47-76-48-58)66(82(60)70(63)84)71(85)86-67(50-26-9-1-10-27-50)51-28-11-2-12-29-51/h1-42,46,58,60,63,67,76H,43-45,47-49H2,(H,78,83)(H,79,80)/t58?,60-,63+/m1/s1. The summed E-state index contributed by atoms with van der Waals surface area (Å²) >= 11 is 11.9. The molecule has 2 aromatic heterocycles. The first kappa shape index (κ1) is 59.9. The fourth-order valence-corrected chi connectivity index (χ4v) is 15.7. The minimum atomic E-state index is -1.43. The minimum absolute atomic E-state index is 0.0189. The van der Waals surface area contributed by atoms with Gasteiger partial charge in [-0.2, -0.15) is 11.8 Å². The molecule has 0 spiro atoms. The number of fused-ring (bicyclic) bond motifs is 1. The van der Waals surface area contributed by atoms with E-state index in [-0.39, 0.29) is 21.4 Å². The molecule has 5 heterocycles. The van der Waals surface area contributed by atoms with Gasteiger partial charge in [-0.1, -0.05) is 283 Å². The molecule has 2 saturated heterocycles. The van der Waals surface area contributed by atoms with Gasteiger partial charge in [0.05, 0.1) is 11.7 Å². The van der Waals surface area contributed by atoms with Gasteiger partial charge in [0, 0.05) is 50.2 Å². The van der Waals surface area contributed by atoms with E-state index in [0.29, 0.717) is 33.9 Å². The number of thioether (sulfide) groups is 2. The lowest BCUT2D eigenvalue weighted by atomic mass is 9.77. The number of rotatable bonds is 22. The Labute approximate surface area is 540 Å². The molecule has 0 radical (unpaired) electrons. The molecule has 90 heavy (non-hydrogen) atoms. The minimum Gasteiger partial charge on any atom is -0.448 e. The number of anilines is 1. The number of aromatic nitrogens is 2. The fraction of sp³-hybridized carbons (Fsp3) is 0.162. The van der Waals surface area contributed by atoms with E-state index in [9.17, 15) is 0 Å². The van der Waals surface area contributed by atoms with Gasteiger partial charge in [-0.3, -0.25) is 19.5 Å². The third-order valence-electron chi connectivity index (χ3n) is 16.6.